The van der Waals surface area contributed by atoms with Gasteiger partial charge in [0.05, 0.1) is 25.5 Å². The van der Waals surface area contributed by atoms with Crippen LogP contribution in [0.1, 0.15) is 5.69 Å². The van der Waals surface area contributed by atoms with Gasteiger partial charge in [0.2, 0.25) is 0 Å². The molecule has 1 aromatic carbocycles. The van der Waals surface area contributed by atoms with Gasteiger partial charge < -0.3 is 25.4 Å². The highest BCUT2D eigenvalue weighted by Crippen LogP contribution is 2.25. The Morgan fingerprint density at radius 1 is 1.06 bits per heavy atom. The number of pyridine rings is 1. The summed E-state index contributed by atoms with van der Waals surface area (Å²) < 4.78 is 7.31. The van der Waals surface area contributed by atoms with Crippen LogP contribution in [0.25, 0.3) is 16.9 Å². The Balaban J connectivity index is 1.33. The molecule has 33 heavy (non-hydrogen) atoms. The topological polar surface area (TPSA) is 117 Å². The summed E-state index contributed by atoms with van der Waals surface area (Å²) in [5.41, 5.74) is 3.45. The lowest BCUT2D eigenvalue weighted by molar-refractivity contribution is 0.122. The molecule has 168 valence electrons. The number of rotatable bonds is 5. The summed E-state index contributed by atoms with van der Waals surface area (Å²) in [5, 5.41) is 19.3. The number of nitrogens with one attached hydrogen (secondary N) is 2. The van der Waals surface area contributed by atoms with Crippen molar-refractivity contribution in [1.82, 2.24) is 19.6 Å². The lowest BCUT2D eigenvalue weighted by Crippen LogP contribution is -2.37. The van der Waals surface area contributed by atoms with Crippen molar-refractivity contribution in [1.29, 1.82) is 0 Å². The summed E-state index contributed by atoms with van der Waals surface area (Å²) in [6.45, 7) is 2.73. The molecule has 3 aromatic heterocycles. The van der Waals surface area contributed by atoms with E-state index in [1.54, 1.807) is 24.3 Å². The van der Waals surface area contributed by atoms with Crippen LogP contribution in [0.4, 0.5) is 22.0 Å². The van der Waals surface area contributed by atoms with Crippen molar-refractivity contribution >= 4 is 28.7 Å². The molecule has 3 N–H and O–H groups in total. The van der Waals surface area contributed by atoms with Gasteiger partial charge in [0.15, 0.2) is 11.6 Å². The molecule has 1 saturated heterocycles. The minimum Gasteiger partial charge on any atom is -0.390 e. The van der Waals surface area contributed by atoms with Gasteiger partial charge in [0, 0.05) is 42.4 Å². The van der Waals surface area contributed by atoms with Gasteiger partial charge in [-0.3, -0.25) is 4.98 Å². The van der Waals surface area contributed by atoms with E-state index >= 15 is 0 Å². The molecular weight excluding hydrogens is 422 g/mol. The fraction of sp³-hybridized carbons (Fsp3) is 0.217. The minimum atomic E-state index is -0.391. The van der Waals surface area contributed by atoms with Crippen molar-refractivity contribution in [2.75, 3.05) is 41.8 Å². The molecule has 0 bridgehead atoms. The highest BCUT2D eigenvalue weighted by Gasteiger charge is 2.18. The van der Waals surface area contributed by atoms with Crippen LogP contribution in [-0.2, 0) is 11.3 Å². The van der Waals surface area contributed by atoms with Crippen molar-refractivity contribution in [2.24, 2.45) is 0 Å². The number of aliphatic hydroxyl groups excluding tert-OH is 1. The first kappa shape index (κ1) is 20.9. The van der Waals surface area contributed by atoms with E-state index in [4.69, 9.17) is 9.72 Å². The second-order valence-electron chi connectivity index (χ2n) is 7.55. The maximum atomic E-state index is 12.3. The van der Waals surface area contributed by atoms with Crippen molar-refractivity contribution in [3.63, 3.8) is 0 Å². The van der Waals surface area contributed by atoms with E-state index in [0.29, 0.717) is 36.1 Å². The average molecular weight is 445 g/mol. The zero-order chi connectivity index (χ0) is 22.6. The first-order chi connectivity index (χ1) is 16.2. The molecule has 0 aliphatic carbocycles. The van der Waals surface area contributed by atoms with Gasteiger partial charge in [-0.2, -0.15) is 0 Å². The lowest BCUT2D eigenvalue weighted by atomic mass is 10.2. The maximum absolute atomic E-state index is 12.3. The molecule has 10 heteroatoms. The van der Waals surface area contributed by atoms with E-state index in [1.807, 2.05) is 35.0 Å². The van der Waals surface area contributed by atoms with Crippen LogP contribution in [0, 0.1) is 0 Å². The van der Waals surface area contributed by atoms with Gasteiger partial charge >= 0.3 is 6.03 Å². The Hall–Kier alpha value is -4.02. The number of urea groups is 1. The molecule has 0 unspecified atom stereocenters. The smallest absolute Gasteiger partial charge is 0.323 e. The standard InChI is InChI=1S/C23H23N7O3/c31-15-19-14-18(7-8-24-19)26-23(32)25-17-5-3-16(4-6-17)21-27-22(29-10-12-33-13-11-29)20-2-1-9-30(20)28-21/h1-9,14,31H,10-13,15H2,(H2,24,25,26,32). The number of carbonyl (C=O) groups excluding carboxylic acids is 1. The molecule has 1 aliphatic rings. The molecule has 0 atom stereocenters. The van der Waals surface area contributed by atoms with E-state index in [0.717, 1.165) is 30.0 Å². The van der Waals surface area contributed by atoms with Crippen LogP contribution < -0.4 is 15.5 Å². The zero-order valence-electron chi connectivity index (χ0n) is 17.8. The van der Waals surface area contributed by atoms with Gasteiger partial charge in [0.25, 0.3) is 0 Å². The number of amides is 2. The monoisotopic (exact) mass is 445 g/mol. The third-order valence-corrected chi connectivity index (χ3v) is 5.32. The highest BCUT2D eigenvalue weighted by atomic mass is 16.5. The first-order valence-corrected chi connectivity index (χ1v) is 10.6. The Morgan fingerprint density at radius 3 is 2.64 bits per heavy atom. The number of carbonyl (C=O) groups is 1. The summed E-state index contributed by atoms with van der Waals surface area (Å²) >= 11 is 0. The van der Waals surface area contributed by atoms with Crippen LogP contribution >= 0.6 is 0 Å². The SMILES string of the molecule is O=C(Nc1ccc(-c2nc(N3CCOCC3)c3cccn3n2)cc1)Nc1ccnc(CO)c1. The number of ether oxygens (including phenoxy) is 1. The first-order valence-electron chi connectivity index (χ1n) is 10.6. The normalized spacial score (nSPS) is 13.8. The highest BCUT2D eigenvalue weighted by molar-refractivity contribution is 5.99. The fourth-order valence-electron chi connectivity index (χ4n) is 3.69. The molecular formula is C23H23N7O3. The van der Waals surface area contributed by atoms with Crippen LogP contribution in [0.15, 0.2) is 60.9 Å². The molecule has 2 amide bonds. The summed E-state index contributed by atoms with van der Waals surface area (Å²) in [6.07, 6.45) is 3.44. The predicted octanol–water partition coefficient (Wildman–Crippen LogP) is 2.76. The fourth-order valence-corrected chi connectivity index (χ4v) is 3.69. The van der Waals surface area contributed by atoms with E-state index in [1.165, 1.54) is 6.20 Å². The quantitative estimate of drug-likeness (QED) is 0.432. The Bertz CT molecular complexity index is 1270. The second-order valence-corrected chi connectivity index (χ2v) is 7.55. The van der Waals surface area contributed by atoms with Gasteiger partial charge in [0.1, 0.15) is 5.52 Å². The van der Waals surface area contributed by atoms with E-state index in [9.17, 15) is 9.90 Å². The second kappa shape index (κ2) is 9.23. The third kappa shape index (κ3) is 4.61. The number of anilines is 3. The minimum absolute atomic E-state index is 0.192. The largest absolute Gasteiger partial charge is 0.390 e. The summed E-state index contributed by atoms with van der Waals surface area (Å²) in [4.78, 5) is 23.4. The number of fused-ring (bicyclic) bond motifs is 1. The number of hydrogen-bond acceptors (Lipinski definition) is 7. The van der Waals surface area contributed by atoms with Crippen molar-refractivity contribution in [3.8, 4) is 11.4 Å². The number of aliphatic hydroxyl groups is 1. The number of nitrogens with zero attached hydrogens (tertiary/aromatic N) is 5. The summed E-state index contributed by atoms with van der Waals surface area (Å²) in [6, 6.07) is 14.2. The van der Waals surface area contributed by atoms with Crippen molar-refractivity contribution in [2.45, 2.75) is 6.61 Å². The molecule has 10 nitrogen and oxygen atoms in total. The van der Waals surface area contributed by atoms with Crippen LogP contribution in [-0.4, -0.2) is 57.0 Å². The summed E-state index contributed by atoms with van der Waals surface area (Å²) in [7, 11) is 0. The van der Waals surface area contributed by atoms with Crippen LogP contribution in [0.3, 0.4) is 0 Å². The van der Waals surface area contributed by atoms with E-state index in [-0.39, 0.29) is 6.61 Å². The molecule has 0 spiro atoms. The number of aromatic nitrogens is 4. The maximum Gasteiger partial charge on any atom is 0.323 e. The number of benzene rings is 1. The Morgan fingerprint density at radius 2 is 1.85 bits per heavy atom. The Kier molecular flexibility index (Phi) is 5.83. The molecule has 0 saturated carbocycles. The van der Waals surface area contributed by atoms with Crippen molar-refractivity contribution in [3.05, 3.63) is 66.6 Å². The molecule has 4 heterocycles. The van der Waals surface area contributed by atoms with Crippen molar-refractivity contribution < 1.29 is 14.6 Å². The summed E-state index contributed by atoms with van der Waals surface area (Å²) in [5.74, 6) is 1.49. The van der Waals surface area contributed by atoms with Gasteiger partial charge in [-0.15, -0.1) is 5.10 Å². The Labute approximate surface area is 189 Å². The molecule has 5 rings (SSSR count). The van der Waals surface area contributed by atoms with Crippen LogP contribution in [0.2, 0.25) is 0 Å². The third-order valence-electron chi connectivity index (χ3n) is 5.32. The number of hydrogen-bond donors (Lipinski definition) is 3. The number of morpholine rings is 1. The zero-order valence-corrected chi connectivity index (χ0v) is 17.8. The van der Waals surface area contributed by atoms with Gasteiger partial charge in [-0.1, -0.05) is 0 Å². The molecule has 0 radical (unpaired) electrons. The molecule has 1 aliphatic heterocycles. The van der Waals surface area contributed by atoms with Crippen LogP contribution in [0.5, 0.6) is 0 Å². The van der Waals surface area contributed by atoms with E-state index < -0.39 is 6.03 Å². The average Bonchev–Trinajstić information content (AvgIpc) is 3.33. The van der Waals surface area contributed by atoms with Gasteiger partial charge in [-0.25, -0.2) is 14.3 Å². The van der Waals surface area contributed by atoms with Gasteiger partial charge in [-0.05, 0) is 48.5 Å². The molecule has 4 aromatic rings. The molecule has 1 fully saturated rings. The lowest BCUT2D eigenvalue weighted by Gasteiger charge is -2.28. The van der Waals surface area contributed by atoms with E-state index in [2.05, 4.69) is 25.6 Å². The predicted molar refractivity (Wildman–Crippen MR) is 124 cm³/mol.